The number of hydrogen-bond acceptors (Lipinski definition) is 4. The van der Waals surface area contributed by atoms with Gasteiger partial charge in [0, 0.05) is 17.5 Å². The van der Waals surface area contributed by atoms with Crippen LogP contribution in [0, 0.1) is 0 Å². The number of azide groups is 1. The molecule has 0 saturated heterocycles. The van der Waals surface area contributed by atoms with Crippen LogP contribution in [0.1, 0.15) is 41.0 Å². The smallest absolute Gasteiger partial charge is 0.355 e. The average Bonchev–Trinajstić information content (AvgIpc) is 2.20. The monoisotopic (exact) mass is 254 g/mol. The second-order valence-corrected chi connectivity index (χ2v) is 4.55. The van der Waals surface area contributed by atoms with Crippen LogP contribution in [0.2, 0.25) is 0 Å². The van der Waals surface area contributed by atoms with E-state index in [0.29, 0.717) is 6.42 Å². The first-order valence-corrected chi connectivity index (χ1v) is 5.50. The number of nitrogens with one attached hydrogen (secondary N) is 1. The summed E-state index contributed by atoms with van der Waals surface area (Å²) in [5.74, 6) is -1.16. The summed E-state index contributed by atoms with van der Waals surface area (Å²) in [6, 6.07) is 0. The largest absolute Gasteiger partial charge is 0.455 e. The second kappa shape index (κ2) is 6.66. The quantitative estimate of drug-likeness (QED) is 0.274. The SMILES string of the molecule is CC/C(N=[N+]=[N-])=C(/NC(C)=O)C(=O)OC(C)(C)C. The number of allylic oxidation sites excluding steroid dienone is 1. The van der Waals surface area contributed by atoms with Crippen molar-refractivity contribution in [3.05, 3.63) is 21.8 Å². The van der Waals surface area contributed by atoms with Gasteiger partial charge in [0.2, 0.25) is 5.91 Å². The standard InChI is InChI=1S/C11H18N4O3/c1-6-8(14-15-12)9(13-7(2)16)10(17)18-11(3,4)5/h6H2,1-5H3,(H,13,16)/b9-8-. The van der Waals surface area contributed by atoms with E-state index in [0.717, 1.165) is 0 Å². The summed E-state index contributed by atoms with van der Waals surface area (Å²) < 4.78 is 5.14. The lowest BCUT2D eigenvalue weighted by Gasteiger charge is -2.21. The van der Waals surface area contributed by atoms with Gasteiger partial charge in [0.25, 0.3) is 0 Å². The molecule has 1 amide bonds. The topological polar surface area (TPSA) is 104 Å². The first-order valence-electron chi connectivity index (χ1n) is 5.50. The van der Waals surface area contributed by atoms with E-state index in [2.05, 4.69) is 15.3 Å². The molecule has 0 radical (unpaired) electrons. The van der Waals surface area contributed by atoms with Gasteiger partial charge in [-0.25, -0.2) is 4.79 Å². The van der Waals surface area contributed by atoms with Crippen LogP contribution in [-0.4, -0.2) is 17.5 Å². The molecule has 0 aromatic rings. The number of carbonyl (C=O) groups is 2. The maximum atomic E-state index is 11.9. The first kappa shape index (κ1) is 16.0. The highest BCUT2D eigenvalue weighted by Crippen LogP contribution is 2.15. The molecule has 0 bridgehead atoms. The van der Waals surface area contributed by atoms with Crippen LogP contribution in [0.3, 0.4) is 0 Å². The van der Waals surface area contributed by atoms with Crippen LogP contribution >= 0.6 is 0 Å². The maximum absolute atomic E-state index is 11.9. The van der Waals surface area contributed by atoms with Gasteiger partial charge in [0.1, 0.15) is 11.3 Å². The van der Waals surface area contributed by atoms with Crippen molar-refractivity contribution in [3.63, 3.8) is 0 Å². The Balaban J connectivity index is 5.41. The van der Waals surface area contributed by atoms with Gasteiger partial charge in [-0.1, -0.05) is 12.0 Å². The molecule has 0 rings (SSSR count). The Kier molecular flexibility index (Phi) is 5.92. The van der Waals surface area contributed by atoms with Crippen LogP contribution < -0.4 is 5.32 Å². The van der Waals surface area contributed by atoms with Gasteiger partial charge in [0.05, 0.1) is 0 Å². The van der Waals surface area contributed by atoms with Gasteiger partial charge in [-0.2, -0.15) is 0 Å². The Hall–Kier alpha value is -2.01. The fraction of sp³-hybridized carbons (Fsp3) is 0.636. The highest BCUT2D eigenvalue weighted by Gasteiger charge is 2.22. The Morgan fingerprint density at radius 2 is 1.94 bits per heavy atom. The molecule has 7 heteroatoms. The zero-order valence-corrected chi connectivity index (χ0v) is 11.3. The minimum absolute atomic E-state index is 0.113. The first-order chi connectivity index (χ1) is 8.21. The molecule has 0 aliphatic carbocycles. The van der Waals surface area contributed by atoms with Gasteiger partial charge in [-0.15, -0.1) is 0 Å². The van der Waals surface area contributed by atoms with Gasteiger partial charge in [-0.3, -0.25) is 4.79 Å². The van der Waals surface area contributed by atoms with Crippen LogP contribution in [0.25, 0.3) is 10.4 Å². The minimum Gasteiger partial charge on any atom is -0.455 e. The molecule has 100 valence electrons. The Bertz CT molecular complexity index is 414. The number of hydrogen-bond donors (Lipinski definition) is 1. The molecule has 0 fully saturated rings. The van der Waals surface area contributed by atoms with Crippen molar-refractivity contribution in [2.75, 3.05) is 0 Å². The fourth-order valence-electron chi connectivity index (χ4n) is 1.10. The highest BCUT2D eigenvalue weighted by atomic mass is 16.6. The molecule has 18 heavy (non-hydrogen) atoms. The Labute approximate surface area is 106 Å². The minimum atomic E-state index is -0.720. The van der Waals surface area contributed by atoms with Crippen molar-refractivity contribution in [3.8, 4) is 0 Å². The number of ether oxygens (including phenoxy) is 1. The van der Waals surface area contributed by atoms with E-state index in [1.54, 1.807) is 27.7 Å². The molecule has 0 aliphatic rings. The van der Waals surface area contributed by atoms with E-state index in [-0.39, 0.29) is 11.4 Å². The molecule has 7 nitrogen and oxygen atoms in total. The van der Waals surface area contributed by atoms with Crippen molar-refractivity contribution in [1.82, 2.24) is 5.32 Å². The summed E-state index contributed by atoms with van der Waals surface area (Å²) in [6.45, 7) is 8.07. The molecular formula is C11H18N4O3. The average molecular weight is 254 g/mol. The zero-order valence-electron chi connectivity index (χ0n) is 11.3. The van der Waals surface area contributed by atoms with Crippen molar-refractivity contribution in [1.29, 1.82) is 0 Å². The summed E-state index contributed by atoms with van der Waals surface area (Å²) >= 11 is 0. The summed E-state index contributed by atoms with van der Waals surface area (Å²) in [4.78, 5) is 25.6. The van der Waals surface area contributed by atoms with Crippen LogP contribution in [0.5, 0.6) is 0 Å². The van der Waals surface area contributed by atoms with Gasteiger partial charge >= 0.3 is 5.97 Å². The van der Waals surface area contributed by atoms with Crippen LogP contribution in [-0.2, 0) is 14.3 Å². The molecule has 0 heterocycles. The molecule has 1 N–H and O–H groups in total. The molecule has 0 aromatic heterocycles. The van der Waals surface area contributed by atoms with Crippen LogP contribution in [0.15, 0.2) is 16.5 Å². The van der Waals surface area contributed by atoms with Crippen molar-refractivity contribution >= 4 is 11.9 Å². The van der Waals surface area contributed by atoms with Crippen molar-refractivity contribution < 1.29 is 14.3 Å². The lowest BCUT2D eigenvalue weighted by molar-refractivity contribution is -0.151. The number of rotatable bonds is 4. The normalized spacial score (nSPS) is 12.1. The number of amides is 1. The number of esters is 1. The summed E-state index contributed by atoms with van der Waals surface area (Å²) in [5, 5.41) is 5.73. The third-order valence-corrected chi connectivity index (χ3v) is 1.69. The van der Waals surface area contributed by atoms with Crippen molar-refractivity contribution in [2.45, 2.75) is 46.6 Å². The molecule has 0 saturated carbocycles. The lowest BCUT2D eigenvalue weighted by atomic mass is 10.2. The molecule has 0 atom stereocenters. The van der Waals surface area contributed by atoms with E-state index in [1.807, 2.05) is 0 Å². The van der Waals surface area contributed by atoms with E-state index in [9.17, 15) is 9.59 Å². The maximum Gasteiger partial charge on any atom is 0.355 e. The number of nitrogens with zero attached hydrogens (tertiary/aromatic N) is 3. The van der Waals surface area contributed by atoms with Gasteiger partial charge in [-0.05, 0) is 32.7 Å². The fourth-order valence-corrected chi connectivity index (χ4v) is 1.10. The van der Waals surface area contributed by atoms with Gasteiger partial charge < -0.3 is 10.1 Å². The predicted octanol–water partition coefficient (Wildman–Crippen LogP) is 2.40. The molecule has 0 unspecified atom stereocenters. The third kappa shape index (κ3) is 5.91. The third-order valence-electron chi connectivity index (χ3n) is 1.69. The molecular weight excluding hydrogens is 236 g/mol. The second-order valence-electron chi connectivity index (χ2n) is 4.55. The Morgan fingerprint density at radius 1 is 1.39 bits per heavy atom. The summed E-state index contributed by atoms with van der Waals surface area (Å²) in [5.41, 5.74) is 7.75. The lowest BCUT2D eigenvalue weighted by Crippen LogP contribution is -2.32. The predicted molar refractivity (Wildman–Crippen MR) is 66.1 cm³/mol. The van der Waals surface area contributed by atoms with E-state index in [1.165, 1.54) is 6.92 Å². The summed E-state index contributed by atoms with van der Waals surface area (Å²) in [7, 11) is 0. The van der Waals surface area contributed by atoms with E-state index < -0.39 is 17.5 Å². The molecule has 0 aromatic carbocycles. The van der Waals surface area contributed by atoms with Crippen molar-refractivity contribution in [2.24, 2.45) is 5.11 Å². The Morgan fingerprint density at radius 3 is 2.28 bits per heavy atom. The van der Waals surface area contributed by atoms with E-state index >= 15 is 0 Å². The van der Waals surface area contributed by atoms with Crippen LogP contribution in [0.4, 0.5) is 0 Å². The molecule has 0 spiro atoms. The van der Waals surface area contributed by atoms with Gasteiger partial charge in [0.15, 0.2) is 0 Å². The molecule has 0 aliphatic heterocycles. The zero-order chi connectivity index (χ0) is 14.3. The summed E-state index contributed by atoms with van der Waals surface area (Å²) in [6.07, 6.45) is 0.304. The number of carbonyl (C=O) groups excluding carboxylic acids is 2. The highest BCUT2D eigenvalue weighted by molar-refractivity contribution is 5.94. The van der Waals surface area contributed by atoms with E-state index in [4.69, 9.17) is 10.3 Å².